The second kappa shape index (κ2) is 9.11. The lowest BCUT2D eigenvalue weighted by Crippen LogP contribution is -2.27. The normalized spacial score (nSPS) is 22.2. The Morgan fingerprint density at radius 2 is 2.00 bits per heavy atom. The number of likely N-dealkylation sites (N-methyl/N-ethyl adjacent to an activating group) is 1. The van der Waals surface area contributed by atoms with Gasteiger partial charge in [0.25, 0.3) is 0 Å². The van der Waals surface area contributed by atoms with Gasteiger partial charge in [0.1, 0.15) is 0 Å². The Kier molecular flexibility index (Phi) is 7.06. The molecule has 0 aliphatic carbocycles. The van der Waals surface area contributed by atoms with Crippen molar-refractivity contribution in [3.8, 4) is 0 Å². The molecule has 0 saturated carbocycles. The van der Waals surface area contributed by atoms with Crippen LogP contribution in [-0.4, -0.2) is 38.5 Å². The Morgan fingerprint density at radius 3 is 2.80 bits per heavy atom. The summed E-state index contributed by atoms with van der Waals surface area (Å²) in [5.41, 5.74) is 1.39. The Hall–Kier alpha value is -0.900. The summed E-state index contributed by atoms with van der Waals surface area (Å²) in [4.78, 5) is 0. The van der Waals surface area contributed by atoms with E-state index in [0.717, 1.165) is 52.0 Å². The monoisotopic (exact) mass is 277 g/mol. The minimum atomic E-state index is 0.301. The van der Waals surface area contributed by atoms with Gasteiger partial charge in [-0.15, -0.1) is 0 Å². The van der Waals surface area contributed by atoms with Crippen molar-refractivity contribution in [2.45, 2.75) is 44.8 Å². The van der Waals surface area contributed by atoms with Gasteiger partial charge >= 0.3 is 0 Å². The summed E-state index contributed by atoms with van der Waals surface area (Å²) in [6, 6.07) is 10.6. The number of rotatable bonds is 9. The quantitative estimate of drug-likeness (QED) is 0.704. The predicted molar refractivity (Wildman–Crippen MR) is 82.0 cm³/mol. The SMILES string of the molecule is CCNCC1CCC(COCCCc2ccccc2)O1. The predicted octanol–water partition coefficient (Wildman–Crippen LogP) is 2.79. The second-order valence-electron chi connectivity index (χ2n) is 5.43. The molecule has 1 aromatic rings. The maximum Gasteiger partial charge on any atom is 0.0813 e. The smallest absolute Gasteiger partial charge is 0.0813 e. The van der Waals surface area contributed by atoms with Crippen LogP contribution in [0.3, 0.4) is 0 Å². The molecule has 0 bridgehead atoms. The lowest BCUT2D eigenvalue weighted by atomic mass is 10.1. The van der Waals surface area contributed by atoms with Gasteiger partial charge in [-0.1, -0.05) is 37.3 Å². The van der Waals surface area contributed by atoms with E-state index >= 15 is 0 Å². The molecule has 0 aromatic heterocycles. The first kappa shape index (κ1) is 15.5. The van der Waals surface area contributed by atoms with Crippen LogP contribution in [0.15, 0.2) is 30.3 Å². The molecular weight excluding hydrogens is 250 g/mol. The summed E-state index contributed by atoms with van der Waals surface area (Å²) >= 11 is 0. The zero-order valence-corrected chi connectivity index (χ0v) is 12.5. The third-order valence-electron chi connectivity index (χ3n) is 3.72. The molecule has 3 heteroatoms. The van der Waals surface area contributed by atoms with E-state index in [4.69, 9.17) is 9.47 Å². The van der Waals surface area contributed by atoms with Gasteiger partial charge in [0.15, 0.2) is 0 Å². The highest BCUT2D eigenvalue weighted by Gasteiger charge is 2.24. The molecule has 2 atom stereocenters. The van der Waals surface area contributed by atoms with Crippen LogP contribution in [0.5, 0.6) is 0 Å². The van der Waals surface area contributed by atoms with Gasteiger partial charge in [-0.05, 0) is 37.8 Å². The van der Waals surface area contributed by atoms with Crippen LogP contribution >= 0.6 is 0 Å². The topological polar surface area (TPSA) is 30.5 Å². The highest BCUT2D eigenvalue weighted by Crippen LogP contribution is 2.19. The van der Waals surface area contributed by atoms with Crippen molar-refractivity contribution in [3.63, 3.8) is 0 Å². The van der Waals surface area contributed by atoms with E-state index in [9.17, 15) is 0 Å². The molecule has 1 aliphatic rings. The van der Waals surface area contributed by atoms with Crippen molar-refractivity contribution in [2.24, 2.45) is 0 Å². The fraction of sp³-hybridized carbons (Fsp3) is 0.647. The zero-order valence-electron chi connectivity index (χ0n) is 12.5. The van der Waals surface area contributed by atoms with Crippen LogP contribution in [0.4, 0.5) is 0 Å². The largest absolute Gasteiger partial charge is 0.379 e. The van der Waals surface area contributed by atoms with Crippen molar-refractivity contribution < 1.29 is 9.47 Å². The molecule has 1 N–H and O–H groups in total. The fourth-order valence-corrected chi connectivity index (χ4v) is 2.60. The van der Waals surface area contributed by atoms with Crippen molar-refractivity contribution in [2.75, 3.05) is 26.3 Å². The van der Waals surface area contributed by atoms with Crippen LogP contribution in [0.2, 0.25) is 0 Å². The first-order valence-electron chi connectivity index (χ1n) is 7.86. The third kappa shape index (κ3) is 5.61. The molecule has 1 fully saturated rings. The zero-order chi connectivity index (χ0) is 14.0. The van der Waals surface area contributed by atoms with Crippen LogP contribution in [0.25, 0.3) is 0 Å². The molecule has 2 unspecified atom stereocenters. The average Bonchev–Trinajstić information content (AvgIpc) is 2.94. The highest BCUT2D eigenvalue weighted by atomic mass is 16.5. The second-order valence-corrected chi connectivity index (χ2v) is 5.43. The Balaban J connectivity index is 1.49. The number of hydrogen-bond acceptors (Lipinski definition) is 3. The molecule has 1 saturated heterocycles. The van der Waals surface area contributed by atoms with Gasteiger partial charge in [0, 0.05) is 13.2 Å². The summed E-state index contributed by atoms with van der Waals surface area (Å²) in [6.07, 6.45) is 5.15. The van der Waals surface area contributed by atoms with Crippen LogP contribution in [0, 0.1) is 0 Å². The van der Waals surface area contributed by atoms with Crippen molar-refractivity contribution >= 4 is 0 Å². The summed E-state index contributed by atoms with van der Waals surface area (Å²) in [5.74, 6) is 0. The van der Waals surface area contributed by atoms with E-state index in [2.05, 4.69) is 42.6 Å². The van der Waals surface area contributed by atoms with Crippen LogP contribution in [-0.2, 0) is 15.9 Å². The lowest BCUT2D eigenvalue weighted by molar-refractivity contribution is -0.0144. The number of aryl methyl sites for hydroxylation is 1. The number of hydrogen-bond donors (Lipinski definition) is 1. The van der Waals surface area contributed by atoms with Gasteiger partial charge < -0.3 is 14.8 Å². The molecule has 2 rings (SSSR count). The highest BCUT2D eigenvalue weighted by molar-refractivity contribution is 5.14. The van der Waals surface area contributed by atoms with E-state index in [1.165, 1.54) is 5.56 Å². The summed E-state index contributed by atoms with van der Waals surface area (Å²) < 4.78 is 11.7. The Labute approximate surface area is 122 Å². The fourth-order valence-electron chi connectivity index (χ4n) is 2.60. The van der Waals surface area contributed by atoms with Gasteiger partial charge in [-0.2, -0.15) is 0 Å². The maximum absolute atomic E-state index is 5.94. The van der Waals surface area contributed by atoms with E-state index in [1.54, 1.807) is 0 Å². The number of ether oxygens (including phenoxy) is 2. The summed E-state index contributed by atoms with van der Waals surface area (Å²) in [6.45, 7) is 5.69. The third-order valence-corrected chi connectivity index (χ3v) is 3.72. The Morgan fingerprint density at radius 1 is 1.20 bits per heavy atom. The van der Waals surface area contributed by atoms with E-state index in [-0.39, 0.29) is 0 Å². The number of benzene rings is 1. The van der Waals surface area contributed by atoms with Crippen LogP contribution in [0.1, 0.15) is 31.7 Å². The molecular formula is C17H27NO2. The Bertz CT molecular complexity index is 355. The summed E-state index contributed by atoms with van der Waals surface area (Å²) in [7, 11) is 0. The molecule has 0 radical (unpaired) electrons. The molecule has 1 aromatic carbocycles. The molecule has 20 heavy (non-hydrogen) atoms. The maximum atomic E-state index is 5.94. The molecule has 112 valence electrons. The first-order chi connectivity index (χ1) is 9.88. The minimum absolute atomic E-state index is 0.301. The summed E-state index contributed by atoms with van der Waals surface area (Å²) in [5, 5.41) is 3.34. The van der Waals surface area contributed by atoms with E-state index < -0.39 is 0 Å². The van der Waals surface area contributed by atoms with Gasteiger partial charge in [-0.25, -0.2) is 0 Å². The molecule has 3 nitrogen and oxygen atoms in total. The van der Waals surface area contributed by atoms with Gasteiger partial charge in [-0.3, -0.25) is 0 Å². The first-order valence-corrected chi connectivity index (χ1v) is 7.86. The van der Waals surface area contributed by atoms with Gasteiger partial charge in [0.2, 0.25) is 0 Å². The average molecular weight is 277 g/mol. The van der Waals surface area contributed by atoms with E-state index in [0.29, 0.717) is 12.2 Å². The minimum Gasteiger partial charge on any atom is -0.379 e. The lowest BCUT2D eigenvalue weighted by Gasteiger charge is -2.14. The number of nitrogens with one attached hydrogen (secondary N) is 1. The van der Waals surface area contributed by atoms with Crippen molar-refractivity contribution in [3.05, 3.63) is 35.9 Å². The molecule has 0 spiro atoms. The van der Waals surface area contributed by atoms with Crippen molar-refractivity contribution in [1.29, 1.82) is 0 Å². The van der Waals surface area contributed by atoms with Gasteiger partial charge in [0.05, 0.1) is 18.8 Å². The van der Waals surface area contributed by atoms with E-state index in [1.807, 2.05) is 0 Å². The molecule has 1 aliphatic heterocycles. The molecule has 1 heterocycles. The van der Waals surface area contributed by atoms with Crippen molar-refractivity contribution in [1.82, 2.24) is 5.32 Å². The standard InChI is InChI=1S/C17H27NO2/c1-2-18-13-16-10-11-17(20-16)14-19-12-6-9-15-7-4-3-5-8-15/h3-5,7-8,16-18H,2,6,9-14H2,1H3. The van der Waals surface area contributed by atoms with Crippen LogP contribution < -0.4 is 5.32 Å². The molecule has 0 amide bonds.